The molecule has 0 unspecified atom stereocenters. The summed E-state index contributed by atoms with van der Waals surface area (Å²) >= 11 is 0. The zero-order chi connectivity index (χ0) is 9.26. The Balaban J connectivity index is 2.79. The first-order valence-electron chi connectivity index (χ1n) is 4.17. The van der Waals surface area contributed by atoms with E-state index in [1.807, 2.05) is 35.9 Å². The topological polar surface area (TPSA) is 41.9 Å². The zero-order valence-electron chi connectivity index (χ0n) is 7.49. The van der Waals surface area contributed by atoms with Gasteiger partial charge in [0.2, 0.25) is 0 Å². The van der Waals surface area contributed by atoms with E-state index >= 15 is 0 Å². The largest absolute Gasteiger partial charge is 0.292 e. The minimum atomic E-state index is 0.902. The van der Waals surface area contributed by atoms with Crippen molar-refractivity contribution < 1.29 is 4.57 Å². The lowest BCUT2D eigenvalue weighted by molar-refractivity contribution is -0.630. The van der Waals surface area contributed by atoms with E-state index in [2.05, 4.69) is 17.6 Å². The summed E-state index contributed by atoms with van der Waals surface area (Å²) in [7, 11) is 1.98. The van der Waals surface area contributed by atoms with Gasteiger partial charge in [0, 0.05) is 11.5 Å². The monoisotopic (exact) mass is 174 g/mol. The van der Waals surface area contributed by atoms with Crippen molar-refractivity contribution in [1.29, 1.82) is 0 Å². The lowest BCUT2D eigenvalue weighted by Crippen LogP contribution is -2.35. The van der Waals surface area contributed by atoms with Crippen molar-refractivity contribution in [3.63, 3.8) is 0 Å². The lowest BCUT2D eigenvalue weighted by Gasteiger charge is -2.02. The maximum absolute atomic E-state index is 5.37. The van der Waals surface area contributed by atoms with Crippen LogP contribution in [0.25, 0.3) is 10.9 Å². The van der Waals surface area contributed by atoms with E-state index in [4.69, 9.17) is 5.84 Å². The highest BCUT2D eigenvalue weighted by Gasteiger charge is 2.05. The summed E-state index contributed by atoms with van der Waals surface area (Å²) < 4.78 is 2.02. The number of nitrogens with zero attached hydrogens (tertiary/aromatic N) is 1. The molecule has 1 heterocycles. The Morgan fingerprint density at radius 2 is 1.92 bits per heavy atom. The zero-order valence-corrected chi connectivity index (χ0v) is 7.49. The van der Waals surface area contributed by atoms with Gasteiger partial charge in [0.15, 0.2) is 0 Å². The highest BCUT2D eigenvalue weighted by atomic mass is 15.3. The fraction of sp³-hybridized carbons (Fsp3) is 0.100. The smallest absolute Gasteiger partial charge is 0.229 e. The second-order valence-corrected chi connectivity index (χ2v) is 2.98. The minimum Gasteiger partial charge on any atom is -0.229 e. The molecule has 0 amide bonds. The Labute approximate surface area is 76.8 Å². The van der Waals surface area contributed by atoms with Crippen LogP contribution in [0.2, 0.25) is 0 Å². The number of nitrogen functional groups attached to an aromatic ring is 1. The average Bonchev–Trinajstić information content (AvgIpc) is 2.19. The quantitative estimate of drug-likeness (QED) is 0.384. The van der Waals surface area contributed by atoms with E-state index in [-0.39, 0.29) is 0 Å². The summed E-state index contributed by atoms with van der Waals surface area (Å²) in [6.07, 6.45) is 0. The average molecular weight is 174 g/mol. The molecule has 1 aromatic heterocycles. The molecule has 3 N–H and O–H groups in total. The third-order valence-corrected chi connectivity index (χ3v) is 2.23. The van der Waals surface area contributed by atoms with Crippen LogP contribution in [0.4, 0.5) is 5.82 Å². The first-order chi connectivity index (χ1) is 6.33. The summed E-state index contributed by atoms with van der Waals surface area (Å²) in [6, 6.07) is 12.2. The number of fused-ring (bicyclic) bond motifs is 1. The van der Waals surface area contributed by atoms with E-state index in [0.29, 0.717) is 0 Å². The van der Waals surface area contributed by atoms with Crippen LogP contribution in [-0.2, 0) is 7.05 Å². The fourth-order valence-corrected chi connectivity index (χ4v) is 1.49. The van der Waals surface area contributed by atoms with Gasteiger partial charge < -0.3 is 0 Å². The van der Waals surface area contributed by atoms with Crippen molar-refractivity contribution in [2.45, 2.75) is 0 Å². The van der Waals surface area contributed by atoms with Crippen LogP contribution in [0.3, 0.4) is 0 Å². The Hall–Kier alpha value is -1.61. The number of benzene rings is 1. The van der Waals surface area contributed by atoms with E-state index in [9.17, 15) is 0 Å². The SMILES string of the molecule is C[n+]1c(NN)ccc2ccccc21. The number of pyridine rings is 1. The first-order valence-corrected chi connectivity index (χ1v) is 4.17. The third kappa shape index (κ3) is 1.23. The molecule has 2 aromatic rings. The highest BCUT2D eigenvalue weighted by molar-refractivity contribution is 5.76. The molecule has 0 atom stereocenters. The first kappa shape index (κ1) is 8.01. The normalized spacial score (nSPS) is 10.3. The van der Waals surface area contributed by atoms with Crippen molar-refractivity contribution in [2.24, 2.45) is 12.9 Å². The van der Waals surface area contributed by atoms with Gasteiger partial charge in [0.25, 0.3) is 5.82 Å². The van der Waals surface area contributed by atoms with Crippen molar-refractivity contribution in [3.8, 4) is 0 Å². The van der Waals surface area contributed by atoms with Crippen LogP contribution >= 0.6 is 0 Å². The van der Waals surface area contributed by atoms with Crippen LogP contribution in [0.1, 0.15) is 0 Å². The number of rotatable bonds is 1. The van der Waals surface area contributed by atoms with Gasteiger partial charge in [0.1, 0.15) is 5.52 Å². The van der Waals surface area contributed by atoms with Gasteiger partial charge >= 0.3 is 0 Å². The minimum absolute atomic E-state index is 0.902. The van der Waals surface area contributed by atoms with Gasteiger partial charge in [-0.3, -0.25) is 0 Å². The molecular formula is C10H12N3+. The number of anilines is 1. The predicted molar refractivity (Wildman–Crippen MR) is 52.9 cm³/mol. The van der Waals surface area contributed by atoms with E-state index in [0.717, 1.165) is 11.3 Å². The Bertz CT molecular complexity index is 437. The molecule has 3 heteroatoms. The summed E-state index contributed by atoms with van der Waals surface area (Å²) in [5.41, 5.74) is 3.82. The molecule has 0 saturated heterocycles. The fourth-order valence-electron chi connectivity index (χ4n) is 1.49. The summed E-state index contributed by atoms with van der Waals surface area (Å²) in [6.45, 7) is 0. The van der Waals surface area contributed by atoms with Gasteiger partial charge in [0.05, 0.1) is 7.05 Å². The Morgan fingerprint density at radius 1 is 1.15 bits per heavy atom. The van der Waals surface area contributed by atoms with Crippen LogP contribution in [-0.4, -0.2) is 0 Å². The summed E-state index contributed by atoms with van der Waals surface area (Å²) in [4.78, 5) is 0. The van der Waals surface area contributed by atoms with Crippen LogP contribution in [0.5, 0.6) is 0 Å². The third-order valence-electron chi connectivity index (χ3n) is 2.23. The molecule has 0 bridgehead atoms. The second-order valence-electron chi connectivity index (χ2n) is 2.98. The standard InChI is InChI=1S/C10H11N3/c1-13-9-5-3-2-4-8(9)6-7-10(13)12-11/h2-7H,11H2,1H3/p+1. The number of para-hydroxylation sites is 1. The van der Waals surface area contributed by atoms with Crippen molar-refractivity contribution in [2.75, 3.05) is 5.43 Å². The number of nitrogens with two attached hydrogens (primary N) is 1. The summed E-state index contributed by atoms with van der Waals surface area (Å²) in [5, 5.41) is 1.21. The van der Waals surface area contributed by atoms with Crippen molar-refractivity contribution in [1.82, 2.24) is 0 Å². The number of nitrogens with one attached hydrogen (secondary N) is 1. The molecule has 3 nitrogen and oxygen atoms in total. The second kappa shape index (κ2) is 3.03. The number of aromatic nitrogens is 1. The highest BCUT2D eigenvalue weighted by Crippen LogP contribution is 2.11. The molecule has 0 spiro atoms. The molecule has 2 rings (SSSR count). The van der Waals surface area contributed by atoms with Gasteiger partial charge in [-0.15, -0.1) is 0 Å². The molecule has 0 fully saturated rings. The van der Waals surface area contributed by atoms with Gasteiger partial charge in [-0.2, -0.15) is 11.3 Å². The number of hydrogen-bond donors (Lipinski definition) is 2. The predicted octanol–water partition coefficient (Wildman–Crippen LogP) is 0.950. The van der Waals surface area contributed by atoms with E-state index in [1.54, 1.807) is 0 Å². The van der Waals surface area contributed by atoms with Crippen molar-refractivity contribution in [3.05, 3.63) is 36.4 Å². The maximum Gasteiger partial charge on any atom is 0.292 e. The molecule has 13 heavy (non-hydrogen) atoms. The van der Waals surface area contributed by atoms with Crippen LogP contribution in [0.15, 0.2) is 36.4 Å². The molecule has 0 aliphatic rings. The number of hydrogen-bond acceptors (Lipinski definition) is 2. The summed E-state index contributed by atoms with van der Waals surface area (Å²) in [5.74, 6) is 6.27. The molecule has 0 aliphatic heterocycles. The number of aryl methyl sites for hydroxylation is 1. The number of hydrazine groups is 1. The lowest BCUT2D eigenvalue weighted by atomic mass is 10.2. The van der Waals surface area contributed by atoms with Crippen molar-refractivity contribution >= 4 is 16.7 Å². The van der Waals surface area contributed by atoms with E-state index in [1.165, 1.54) is 5.39 Å². The van der Waals surface area contributed by atoms with Gasteiger partial charge in [-0.25, -0.2) is 4.57 Å². The Kier molecular flexibility index (Phi) is 1.87. The van der Waals surface area contributed by atoms with Gasteiger partial charge in [-0.05, 0) is 12.1 Å². The molecule has 0 aliphatic carbocycles. The molecule has 0 saturated carbocycles. The molecule has 0 radical (unpaired) electrons. The van der Waals surface area contributed by atoms with Crippen LogP contribution < -0.4 is 15.8 Å². The molecule has 66 valence electrons. The van der Waals surface area contributed by atoms with E-state index < -0.39 is 0 Å². The van der Waals surface area contributed by atoms with Crippen LogP contribution in [0, 0.1) is 0 Å². The molecular weight excluding hydrogens is 162 g/mol. The molecule has 1 aromatic carbocycles. The van der Waals surface area contributed by atoms with Gasteiger partial charge in [-0.1, -0.05) is 18.2 Å². The maximum atomic E-state index is 5.37. The Morgan fingerprint density at radius 3 is 2.69 bits per heavy atom.